The Morgan fingerprint density at radius 3 is 2.43 bits per heavy atom. The highest BCUT2D eigenvalue weighted by Gasteiger charge is 2.21. The molecule has 0 aliphatic rings. The number of rotatable bonds is 5. The van der Waals surface area contributed by atoms with E-state index < -0.39 is 10.0 Å². The molecule has 0 bridgehead atoms. The normalized spacial score (nSPS) is 14.1. The SMILES string of the molecule is CNC(=O)C(C)CN(C)S(=O)(=O)CBr. The van der Waals surface area contributed by atoms with Gasteiger partial charge in [-0.15, -0.1) is 0 Å². The van der Waals surface area contributed by atoms with E-state index in [2.05, 4.69) is 21.2 Å². The van der Waals surface area contributed by atoms with Crippen molar-refractivity contribution < 1.29 is 13.2 Å². The molecule has 0 aromatic heterocycles. The van der Waals surface area contributed by atoms with Gasteiger partial charge in [-0.3, -0.25) is 4.79 Å². The highest BCUT2D eigenvalue weighted by atomic mass is 79.9. The molecule has 7 heteroatoms. The summed E-state index contributed by atoms with van der Waals surface area (Å²) in [5.74, 6) is -0.513. The third-order valence-electron chi connectivity index (χ3n) is 1.84. The number of nitrogens with zero attached hydrogens (tertiary/aromatic N) is 1. The van der Waals surface area contributed by atoms with E-state index >= 15 is 0 Å². The summed E-state index contributed by atoms with van der Waals surface area (Å²) in [5, 5.41) is 2.47. The van der Waals surface area contributed by atoms with Crippen molar-refractivity contribution in [2.24, 2.45) is 5.92 Å². The molecule has 0 saturated carbocycles. The van der Waals surface area contributed by atoms with Crippen molar-refractivity contribution in [3.8, 4) is 0 Å². The maximum absolute atomic E-state index is 11.3. The van der Waals surface area contributed by atoms with Gasteiger partial charge in [0.15, 0.2) is 0 Å². The molecule has 0 aliphatic carbocycles. The Hall–Kier alpha value is -0.140. The van der Waals surface area contributed by atoms with Crippen molar-refractivity contribution >= 4 is 31.9 Å². The highest BCUT2D eigenvalue weighted by molar-refractivity contribution is 9.10. The van der Waals surface area contributed by atoms with Crippen LogP contribution in [-0.4, -0.2) is 43.9 Å². The molecule has 0 aliphatic heterocycles. The molecule has 0 aromatic carbocycles. The third kappa shape index (κ3) is 3.93. The Labute approximate surface area is 93.0 Å². The zero-order valence-corrected chi connectivity index (χ0v) is 10.9. The first-order valence-electron chi connectivity index (χ1n) is 4.06. The summed E-state index contributed by atoms with van der Waals surface area (Å²) in [5.41, 5.74) is 0. The van der Waals surface area contributed by atoms with Crippen LogP contribution in [0.2, 0.25) is 0 Å². The Balaban J connectivity index is 4.33. The summed E-state index contributed by atoms with van der Waals surface area (Å²) in [6.45, 7) is 1.87. The molecule has 0 heterocycles. The Morgan fingerprint density at radius 2 is 2.07 bits per heavy atom. The van der Waals surface area contributed by atoms with E-state index in [1.54, 1.807) is 6.92 Å². The first-order chi connectivity index (χ1) is 6.35. The number of carbonyl (C=O) groups is 1. The van der Waals surface area contributed by atoms with Gasteiger partial charge in [0.25, 0.3) is 0 Å². The lowest BCUT2D eigenvalue weighted by Crippen LogP contribution is -2.37. The molecule has 84 valence electrons. The molecule has 0 fully saturated rings. The second-order valence-corrected chi connectivity index (χ2v) is 6.40. The number of hydrogen-bond acceptors (Lipinski definition) is 3. The molecule has 0 spiro atoms. The van der Waals surface area contributed by atoms with Gasteiger partial charge >= 0.3 is 0 Å². The fourth-order valence-corrected chi connectivity index (χ4v) is 2.58. The van der Waals surface area contributed by atoms with Crippen molar-refractivity contribution in [2.75, 3.05) is 25.3 Å². The fraction of sp³-hybridized carbons (Fsp3) is 0.857. The van der Waals surface area contributed by atoms with Gasteiger partial charge < -0.3 is 5.32 Å². The molecule has 1 unspecified atom stereocenters. The molecule has 5 nitrogen and oxygen atoms in total. The average molecular weight is 287 g/mol. The molecule has 0 radical (unpaired) electrons. The van der Waals surface area contributed by atoms with E-state index in [1.165, 1.54) is 18.4 Å². The summed E-state index contributed by atoms with van der Waals surface area (Å²) < 4.78 is 23.6. The Kier molecular flexibility index (Phi) is 5.61. The maximum atomic E-state index is 11.3. The van der Waals surface area contributed by atoms with Gasteiger partial charge in [-0.25, -0.2) is 12.7 Å². The smallest absolute Gasteiger partial charge is 0.223 e. The van der Waals surface area contributed by atoms with Crippen molar-refractivity contribution in [3.63, 3.8) is 0 Å². The molecular weight excluding hydrogens is 272 g/mol. The van der Waals surface area contributed by atoms with Gasteiger partial charge in [-0.2, -0.15) is 0 Å². The molecule has 14 heavy (non-hydrogen) atoms. The molecule has 0 aromatic rings. The second-order valence-electron chi connectivity index (χ2n) is 3.02. The van der Waals surface area contributed by atoms with E-state index in [1.807, 2.05) is 0 Å². The number of carbonyl (C=O) groups excluding carboxylic acids is 1. The van der Waals surface area contributed by atoms with Gasteiger partial charge in [-0.1, -0.05) is 22.9 Å². The zero-order chi connectivity index (χ0) is 11.4. The van der Waals surface area contributed by atoms with Crippen LogP contribution in [0, 0.1) is 5.92 Å². The fourth-order valence-electron chi connectivity index (χ4n) is 0.912. The minimum absolute atomic E-state index is 0.128. The van der Waals surface area contributed by atoms with Gasteiger partial charge in [0, 0.05) is 26.6 Å². The third-order valence-corrected chi connectivity index (χ3v) is 4.95. The van der Waals surface area contributed by atoms with E-state index in [-0.39, 0.29) is 23.0 Å². The van der Waals surface area contributed by atoms with E-state index in [9.17, 15) is 13.2 Å². The van der Waals surface area contributed by atoms with Crippen LogP contribution in [0.4, 0.5) is 0 Å². The van der Waals surface area contributed by atoms with Crippen molar-refractivity contribution in [1.82, 2.24) is 9.62 Å². The van der Waals surface area contributed by atoms with Crippen LogP contribution < -0.4 is 5.32 Å². The van der Waals surface area contributed by atoms with Gasteiger partial charge in [0.1, 0.15) is 4.66 Å². The van der Waals surface area contributed by atoms with Crippen molar-refractivity contribution in [3.05, 3.63) is 0 Å². The minimum Gasteiger partial charge on any atom is -0.359 e. The summed E-state index contributed by atoms with van der Waals surface area (Å²) in [6, 6.07) is 0. The molecule has 1 atom stereocenters. The van der Waals surface area contributed by atoms with Gasteiger partial charge in [0.05, 0.1) is 0 Å². The highest BCUT2D eigenvalue weighted by Crippen LogP contribution is 2.06. The molecule has 0 rings (SSSR count). The van der Waals surface area contributed by atoms with E-state index in [0.717, 1.165) is 0 Å². The van der Waals surface area contributed by atoms with Crippen LogP contribution in [0.1, 0.15) is 6.92 Å². The summed E-state index contributed by atoms with van der Waals surface area (Å²) >= 11 is 2.89. The van der Waals surface area contributed by atoms with Gasteiger partial charge in [0.2, 0.25) is 15.9 Å². The monoisotopic (exact) mass is 286 g/mol. The predicted molar refractivity (Wildman–Crippen MR) is 58.6 cm³/mol. The number of alkyl halides is 1. The lowest BCUT2D eigenvalue weighted by Gasteiger charge is -2.18. The summed E-state index contributed by atoms with van der Waals surface area (Å²) in [6.07, 6.45) is 0. The number of halogens is 1. The summed E-state index contributed by atoms with van der Waals surface area (Å²) in [7, 11) is -0.285. The van der Waals surface area contributed by atoms with Crippen LogP contribution in [0.25, 0.3) is 0 Å². The first kappa shape index (κ1) is 13.9. The number of amides is 1. The lowest BCUT2D eigenvalue weighted by molar-refractivity contribution is -0.124. The van der Waals surface area contributed by atoms with Crippen LogP contribution >= 0.6 is 15.9 Å². The topological polar surface area (TPSA) is 66.5 Å². The van der Waals surface area contributed by atoms with Crippen molar-refractivity contribution in [2.45, 2.75) is 6.92 Å². The van der Waals surface area contributed by atoms with Crippen LogP contribution in [0.15, 0.2) is 0 Å². The first-order valence-corrected chi connectivity index (χ1v) is 6.79. The Morgan fingerprint density at radius 1 is 1.57 bits per heavy atom. The standard InChI is InChI=1S/C7H15BrN2O3S/c1-6(7(11)9-2)4-10(3)14(12,13)5-8/h6H,4-5H2,1-3H3,(H,9,11). The average Bonchev–Trinajstić information content (AvgIpc) is 2.16. The zero-order valence-electron chi connectivity index (χ0n) is 8.45. The molecule has 1 N–H and O–H groups in total. The number of sulfonamides is 1. The van der Waals surface area contributed by atoms with Gasteiger partial charge in [-0.05, 0) is 0 Å². The minimum atomic E-state index is -3.27. The maximum Gasteiger partial charge on any atom is 0.223 e. The van der Waals surface area contributed by atoms with Crippen molar-refractivity contribution in [1.29, 1.82) is 0 Å². The predicted octanol–water partition coefficient (Wildman–Crippen LogP) is -0.0175. The summed E-state index contributed by atoms with van der Waals surface area (Å²) in [4.78, 5) is 11.1. The number of nitrogens with one attached hydrogen (secondary N) is 1. The quantitative estimate of drug-likeness (QED) is 0.723. The van der Waals surface area contributed by atoms with Crippen LogP contribution in [-0.2, 0) is 14.8 Å². The lowest BCUT2D eigenvalue weighted by atomic mass is 10.2. The van der Waals surface area contributed by atoms with E-state index in [0.29, 0.717) is 0 Å². The van der Waals surface area contributed by atoms with E-state index in [4.69, 9.17) is 0 Å². The molecule has 1 amide bonds. The van der Waals surface area contributed by atoms with Crippen LogP contribution in [0.5, 0.6) is 0 Å². The van der Waals surface area contributed by atoms with Crippen LogP contribution in [0.3, 0.4) is 0 Å². The largest absolute Gasteiger partial charge is 0.359 e. The molecular formula is C7H15BrN2O3S. The Bertz CT molecular complexity index is 291. The number of hydrogen-bond donors (Lipinski definition) is 1. The second kappa shape index (κ2) is 5.67. The molecule has 0 saturated heterocycles.